The van der Waals surface area contributed by atoms with Gasteiger partial charge in [-0.1, -0.05) is 12.1 Å². The molecule has 2 amide bonds. The number of rotatable bonds is 8. The van der Waals surface area contributed by atoms with Crippen LogP contribution in [0.25, 0.3) is 0 Å². The van der Waals surface area contributed by atoms with Crippen LogP contribution in [-0.2, 0) is 6.54 Å². The van der Waals surface area contributed by atoms with Gasteiger partial charge in [0.2, 0.25) is 0 Å². The molecule has 1 heterocycles. The molecule has 0 saturated carbocycles. The standard InChI is InChI=1S/C18H27N5O2/c1-14(12-23-9-8-19-13-23)21-18(24)20-11-17(22(2)3)15-6-5-7-16(10-15)25-4/h5-10,13-14,17H,11-12H2,1-4H3,(H2,20,21,24)/t14-,17-/m0/s1. The first kappa shape index (κ1) is 18.8. The van der Waals surface area contributed by atoms with Gasteiger partial charge in [-0.25, -0.2) is 9.78 Å². The molecule has 2 aromatic rings. The molecule has 0 aliphatic carbocycles. The van der Waals surface area contributed by atoms with Gasteiger partial charge in [-0.15, -0.1) is 0 Å². The van der Waals surface area contributed by atoms with E-state index in [2.05, 4.69) is 20.5 Å². The Morgan fingerprint density at radius 1 is 1.40 bits per heavy atom. The van der Waals surface area contributed by atoms with Gasteiger partial charge < -0.3 is 24.8 Å². The van der Waals surface area contributed by atoms with E-state index in [9.17, 15) is 4.79 Å². The lowest BCUT2D eigenvalue weighted by atomic mass is 10.1. The van der Waals surface area contributed by atoms with Crippen LogP contribution in [0.3, 0.4) is 0 Å². The lowest BCUT2D eigenvalue weighted by molar-refractivity contribution is 0.228. The number of urea groups is 1. The molecule has 2 rings (SSSR count). The summed E-state index contributed by atoms with van der Waals surface area (Å²) in [6.45, 7) is 3.15. The Morgan fingerprint density at radius 3 is 2.84 bits per heavy atom. The first-order valence-corrected chi connectivity index (χ1v) is 8.30. The van der Waals surface area contributed by atoms with Crippen molar-refractivity contribution in [1.29, 1.82) is 0 Å². The lowest BCUT2D eigenvalue weighted by Gasteiger charge is -2.26. The largest absolute Gasteiger partial charge is 0.497 e. The predicted octanol–water partition coefficient (Wildman–Crippen LogP) is 1.88. The molecule has 0 unspecified atom stereocenters. The molecule has 0 aliphatic rings. The third-order valence-electron chi connectivity index (χ3n) is 3.98. The first-order chi connectivity index (χ1) is 12.0. The predicted molar refractivity (Wildman–Crippen MR) is 97.6 cm³/mol. The SMILES string of the molecule is COc1cccc([C@H](CNC(=O)N[C@@H](C)Cn2ccnc2)N(C)C)c1. The van der Waals surface area contributed by atoms with Gasteiger partial charge in [-0.05, 0) is 38.7 Å². The minimum absolute atomic E-state index is 0.00354. The summed E-state index contributed by atoms with van der Waals surface area (Å²) in [5.74, 6) is 0.808. The van der Waals surface area contributed by atoms with Gasteiger partial charge in [-0.3, -0.25) is 0 Å². The molecule has 0 radical (unpaired) electrons. The molecule has 1 aromatic carbocycles. The molecule has 0 spiro atoms. The van der Waals surface area contributed by atoms with Crippen molar-refractivity contribution in [3.8, 4) is 5.75 Å². The van der Waals surface area contributed by atoms with E-state index >= 15 is 0 Å². The third kappa shape index (κ3) is 5.79. The number of likely N-dealkylation sites (N-methyl/N-ethyl adjacent to an activating group) is 1. The van der Waals surface area contributed by atoms with E-state index in [1.54, 1.807) is 19.6 Å². The van der Waals surface area contributed by atoms with Crippen molar-refractivity contribution in [2.24, 2.45) is 0 Å². The van der Waals surface area contributed by atoms with Gasteiger partial charge in [0.25, 0.3) is 0 Å². The molecular formula is C18H27N5O2. The van der Waals surface area contributed by atoms with E-state index in [-0.39, 0.29) is 18.1 Å². The Morgan fingerprint density at radius 2 is 2.20 bits per heavy atom. The Kier molecular flexibility index (Phi) is 6.82. The molecule has 7 nitrogen and oxygen atoms in total. The van der Waals surface area contributed by atoms with Crippen molar-refractivity contribution in [3.05, 3.63) is 48.5 Å². The zero-order chi connectivity index (χ0) is 18.2. The number of carbonyl (C=O) groups excluding carboxylic acids is 1. The maximum atomic E-state index is 12.2. The quantitative estimate of drug-likeness (QED) is 0.766. The van der Waals surface area contributed by atoms with Gasteiger partial charge in [0.15, 0.2) is 0 Å². The van der Waals surface area contributed by atoms with E-state index in [4.69, 9.17) is 4.74 Å². The summed E-state index contributed by atoms with van der Waals surface area (Å²) in [5.41, 5.74) is 1.09. The van der Waals surface area contributed by atoms with Crippen molar-refractivity contribution in [3.63, 3.8) is 0 Å². The van der Waals surface area contributed by atoms with Gasteiger partial charge in [0.1, 0.15) is 5.75 Å². The lowest BCUT2D eigenvalue weighted by Crippen LogP contribution is -2.45. The van der Waals surface area contributed by atoms with Crippen molar-refractivity contribution in [1.82, 2.24) is 25.1 Å². The smallest absolute Gasteiger partial charge is 0.315 e. The fourth-order valence-electron chi connectivity index (χ4n) is 2.67. The van der Waals surface area contributed by atoms with Crippen LogP contribution < -0.4 is 15.4 Å². The van der Waals surface area contributed by atoms with E-state index in [0.29, 0.717) is 13.1 Å². The molecule has 25 heavy (non-hydrogen) atoms. The van der Waals surface area contributed by atoms with Crippen LogP contribution in [0.1, 0.15) is 18.5 Å². The van der Waals surface area contributed by atoms with Crippen LogP contribution in [0, 0.1) is 0 Å². The van der Waals surface area contributed by atoms with Gasteiger partial charge in [0.05, 0.1) is 19.5 Å². The Hall–Kier alpha value is -2.54. The molecule has 1 aromatic heterocycles. The number of aromatic nitrogens is 2. The van der Waals surface area contributed by atoms with Crippen molar-refractivity contribution >= 4 is 6.03 Å². The second-order valence-corrected chi connectivity index (χ2v) is 6.27. The highest BCUT2D eigenvalue weighted by Gasteiger charge is 2.16. The van der Waals surface area contributed by atoms with E-state index in [0.717, 1.165) is 11.3 Å². The third-order valence-corrected chi connectivity index (χ3v) is 3.98. The number of ether oxygens (including phenoxy) is 1. The molecule has 2 N–H and O–H groups in total. The second kappa shape index (κ2) is 9.08. The minimum Gasteiger partial charge on any atom is -0.497 e. The minimum atomic E-state index is -0.178. The van der Waals surface area contributed by atoms with E-state index in [1.807, 2.05) is 56.0 Å². The number of hydrogen-bond acceptors (Lipinski definition) is 4. The average Bonchev–Trinajstić information content (AvgIpc) is 3.07. The molecule has 7 heteroatoms. The van der Waals surface area contributed by atoms with Crippen molar-refractivity contribution in [2.45, 2.75) is 25.6 Å². The van der Waals surface area contributed by atoms with E-state index in [1.165, 1.54) is 0 Å². The molecule has 0 fully saturated rings. The zero-order valence-electron chi connectivity index (χ0n) is 15.3. The van der Waals surface area contributed by atoms with Crippen LogP contribution in [0.2, 0.25) is 0 Å². The molecule has 2 atom stereocenters. The highest BCUT2D eigenvalue weighted by atomic mass is 16.5. The zero-order valence-corrected chi connectivity index (χ0v) is 15.3. The van der Waals surface area contributed by atoms with Crippen LogP contribution in [-0.4, -0.2) is 54.3 Å². The van der Waals surface area contributed by atoms with E-state index < -0.39 is 0 Å². The summed E-state index contributed by atoms with van der Waals surface area (Å²) in [6, 6.07) is 7.78. The summed E-state index contributed by atoms with van der Waals surface area (Å²) in [5, 5.41) is 5.90. The molecule has 136 valence electrons. The summed E-state index contributed by atoms with van der Waals surface area (Å²) in [7, 11) is 5.63. The summed E-state index contributed by atoms with van der Waals surface area (Å²) in [6.07, 6.45) is 5.34. The van der Waals surface area contributed by atoms with Gasteiger partial charge in [0, 0.05) is 31.5 Å². The Labute approximate surface area is 149 Å². The number of imidazole rings is 1. The highest BCUT2D eigenvalue weighted by molar-refractivity contribution is 5.74. The summed E-state index contributed by atoms with van der Waals surface area (Å²) >= 11 is 0. The highest BCUT2D eigenvalue weighted by Crippen LogP contribution is 2.21. The Bertz CT molecular complexity index is 657. The van der Waals surface area contributed by atoms with Crippen molar-refractivity contribution in [2.75, 3.05) is 27.7 Å². The number of nitrogens with zero attached hydrogens (tertiary/aromatic N) is 3. The number of benzene rings is 1. The van der Waals surface area contributed by atoms with Crippen LogP contribution >= 0.6 is 0 Å². The van der Waals surface area contributed by atoms with Crippen LogP contribution in [0.15, 0.2) is 43.0 Å². The number of nitrogens with one attached hydrogen (secondary N) is 2. The Balaban J connectivity index is 1.88. The normalized spacial score (nSPS) is 13.3. The number of amides is 2. The van der Waals surface area contributed by atoms with Gasteiger partial charge in [-0.2, -0.15) is 0 Å². The molecular weight excluding hydrogens is 318 g/mol. The second-order valence-electron chi connectivity index (χ2n) is 6.27. The molecule has 0 bridgehead atoms. The average molecular weight is 345 g/mol. The fourth-order valence-corrected chi connectivity index (χ4v) is 2.67. The number of methoxy groups -OCH3 is 1. The topological polar surface area (TPSA) is 71.4 Å². The van der Waals surface area contributed by atoms with Crippen molar-refractivity contribution < 1.29 is 9.53 Å². The maximum Gasteiger partial charge on any atom is 0.315 e. The number of hydrogen-bond donors (Lipinski definition) is 2. The number of carbonyl (C=O) groups is 1. The van der Waals surface area contributed by atoms with Crippen LogP contribution in [0.5, 0.6) is 5.75 Å². The van der Waals surface area contributed by atoms with Gasteiger partial charge >= 0.3 is 6.03 Å². The first-order valence-electron chi connectivity index (χ1n) is 8.30. The summed E-state index contributed by atoms with van der Waals surface area (Å²) in [4.78, 5) is 18.2. The fraction of sp³-hybridized carbons (Fsp3) is 0.444. The van der Waals surface area contributed by atoms with Crippen LogP contribution in [0.4, 0.5) is 4.79 Å². The monoisotopic (exact) mass is 345 g/mol. The molecule has 0 aliphatic heterocycles. The molecule has 0 saturated heterocycles. The summed E-state index contributed by atoms with van der Waals surface area (Å²) < 4.78 is 7.22. The maximum absolute atomic E-state index is 12.2.